The molecule has 1 heterocycles. The Morgan fingerprint density at radius 3 is 2.65 bits per heavy atom. The van der Waals surface area contributed by atoms with Gasteiger partial charge in [0, 0.05) is 6.61 Å². The zero-order chi connectivity index (χ0) is 14.6. The zero-order valence-electron chi connectivity index (χ0n) is 12.1. The maximum atomic E-state index is 12.3. The monoisotopic (exact) mass is 283 g/mol. The molecule has 6 heteroatoms. The van der Waals surface area contributed by atoms with Gasteiger partial charge in [-0.3, -0.25) is 4.79 Å². The van der Waals surface area contributed by atoms with Crippen LogP contribution in [0.1, 0.15) is 45.4 Å². The summed E-state index contributed by atoms with van der Waals surface area (Å²) >= 11 is 0. The van der Waals surface area contributed by atoms with Crippen LogP contribution in [-0.2, 0) is 9.53 Å². The summed E-state index contributed by atoms with van der Waals surface area (Å²) in [6, 6.07) is 0. The first kappa shape index (κ1) is 15.1. The predicted octanol–water partition coefficient (Wildman–Crippen LogP) is 1.22. The molecule has 0 bridgehead atoms. The first-order chi connectivity index (χ1) is 9.61. The number of hydrogen-bond acceptors (Lipinski definition) is 4. The lowest BCUT2D eigenvalue weighted by Crippen LogP contribution is -2.60. The molecule has 0 radical (unpaired) electrons. The quantitative estimate of drug-likeness (QED) is 0.313. The summed E-state index contributed by atoms with van der Waals surface area (Å²) in [6.07, 6.45) is 5.34. The number of nitrogens with zero attached hydrogens (tertiary/aromatic N) is 1. The number of amides is 1. The third kappa shape index (κ3) is 3.06. The minimum absolute atomic E-state index is 0.0379. The first-order valence-corrected chi connectivity index (χ1v) is 7.49. The van der Waals surface area contributed by atoms with Gasteiger partial charge in [-0.05, 0) is 38.0 Å². The van der Waals surface area contributed by atoms with Crippen LogP contribution in [0, 0.1) is 11.8 Å². The summed E-state index contributed by atoms with van der Waals surface area (Å²) in [5, 5.41) is 15.2. The van der Waals surface area contributed by atoms with E-state index in [0.29, 0.717) is 19.1 Å². The third-order valence-electron chi connectivity index (χ3n) is 4.80. The van der Waals surface area contributed by atoms with Gasteiger partial charge in [-0.2, -0.15) is 0 Å². The van der Waals surface area contributed by atoms with E-state index in [0.717, 1.165) is 38.5 Å². The second kappa shape index (κ2) is 6.43. The topological polar surface area (TPSA) is 96.9 Å². The van der Waals surface area contributed by atoms with Gasteiger partial charge in [0.1, 0.15) is 5.54 Å². The Hall–Kier alpha value is -1.30. The second-order valence-electron chi connectivity index (χ2n) is 5.97. The van der Waals surface area contributed by atoms with Crippen LogP contribution in [0.4, 0.5) is 0 Å². The second-order valence-corrected chi connectivity index (χ2v) is 5.97. The standard InChI is InChI=1S/C14H25N3O3/c1-2-10-3-6-14(7-4-10,13(15)17-19)16-12(18)11-5-8-20-9-11/h10-11,19H,2-9H2,1H3,(H2,15,17)(H,16,18). The summed E-state index contributed by atoms with van der Waals surface area (Å²) in [4.78, 5) is 12.3. The van der Waals surface area contributed by atoms with Crippen molar-refractivity contribution in [2.45, 2.75) is 51.0 Å². The van der Waals surface area contributed by atoms with E-state index in [1.54, 1.807) is 0 Å². The molecule has 1 amide bonds. The number of nitrogens with two attached hydrogens (primary N) is 1. The number of carbonyl (C=O) groups is 1. The van der Waals surface area contributed by atoms with E-state index in [9.17, 15) is 4.79 Å². The molecule has 0 aromatic carbocycles. The van der Waals surface area contributed by atoms with Crippen LogP contribution in [0.15, 0.2) is 5.16 Å². The Bertz CT molecular complexity index is 370. The average Bonchev–Trinajstić information content (AvgIpc) is 3.01. The molecule has 2 fully saturated rings. The number of nitrogens with one attached hydrogen (secondary N) is 1. The molecule has 0 aromatic heterocycles. The molecule has 114 valence electrons. The molecule has 0 aromatic rings. The van der Waals surface area contributed by atoms with Crippen LogP contribution in [0.5, 0.6) is 0 Å². The highest BCUT2D eigenvalue weighted by molar-refractivity contribution is 5.94. The van der Waals surface area contributed by atoms with Crippen LogP contribution < -0.4 is 11.1 Å². The van der Waals surface area contributed by atoms with Crippen molar-refractivity contribution < 1.29 is 14.7 Å². The number of rotatable bonds is 4. The molecule has 2 rings (SSSR count). The summed E-state index contributed by atoms with van der Waals surface area (Å²) in [5.41, 5.74) is 5.19. The number of hydrogen-bond donors (Lipinski definition) is 3. The Morgan fingerprint density at radius 2 is 2.15 bits per heavy atom. The van der Waals surface area contributed by atoms with E-state index in [1.807, 2.05) is 0 Å². The maximum absolute atomic E-state index is 12.3. The molecular weight excluding hydrogens is 258 g/mol. The largest absolute Gasteiger partial charge is 0.409 e. The van der Waals surface area contributed by atoms with Gasteiger partial charge in [0.15, 0.2) is 5.84 Å². The molecule has 1 atom stereocenters. The fourth-order valence-corrected chi connectivity index (χ4v) is 3.20. The van der Waals surface area contributed by atoms with E-state index in [-0.39, 0.29) is 17.7 Å². The van der Waals surface area contributed by atoms with Gasteiger partial charge < -0.3 is 21.0 Å². The van der Waals surface area contributed by atoms with Crippen molar-refractivity contribution in [3.05, 3.63) is 0 Å². The molecule has 1 aliphatic heterocycles. The van der Waals surface area contributed by atoms with Gasteiger partial charge in [-0.25, -0.2) is 0 Å². The zero-order valence-corrected chi connectivity index (χ0v) is 12.1. The van der Waals surface area contributed by atoms with Crippen molar-refractivity contribution in [1.82, 2.24) is 5.32 Å². The SMILES string of the molecule is CCC1CCC(NC(=O)C2CCOC2)(C(N)=NO)CC1. The number of carbonyl (C=O) groups excluding carboxylic acids is 1. The molecule has 1 saturated carbocycles. The lowest BCUT2D eigenvalue weighted by molar-refractivity contribution is -0.126. The van der Waals surface area contributed by atoms with Gasteiger partial charge in [-0.1, -0.05) is 18.5 Å². The first-order valence-electron chi connectivity index (χ1n) is 7.49. The van der Waals surface area contributed by atoms with Crippen molar-refractivity contribution in [3.63, 3.8) is 0 Å². The summed E-state index contributed by atoms with van der Waals surface area (Å²) < 4.78 is 5.25. The van der Waals surface area contributed by atoms with Gasteiger partial charge >= 0.3 is 0 Å². The van der Waals surface area contributed by atoms with E-state index >= 15 is 0 Å². The molecule has 2 aliphatic rings. The van der Waals surface area contributed by atoms with Crippen molar-refractivity contribution in [2.24, 2.45) is 22.7 Å². The predicted molar refractivity (Wildman–Crippen MR) is 75.5 cm³/mol. The Morgan fingerprint density at radius 1 is 1.45 bits per heavy atom. The molecule has 6 nitrogen and oxygen atoms in total. The highest BCUT2D eigenvalue weighted by Gasteiger charge is 2.41. The van der Waals surface area contributed by atoms with Crippen molar-refractivity contribution >= 4 is 11.7 Å². The summed E-state index contributed by atoms with van der Waals surface area (Å²) in [6.45, 7) is 3.28. The van der Waals surface area contributed by atoms with Gasteiger partial charge in [0.05, 0.1) is 12.5 Å². The average molecular weight is 283 g/mol. The number of amidine groups is 1. The lowest BCUT2D eigenvalue weighted by atomic mass is 9.74. The van der Waals surface area contributed by atoms with Crippen LogP contribution >= 0.6 is 0 Å². The number of oxime groups is 1. The molecule has 0 spiro atoms. The third-order valence-corrected chi connectivity index (χ3v) is 4.80. The van der Waals surface area contributed by atoms with Gasteiger partial charge in [0.2, 0.25) is 5.91 Å². The van der Waals surface area contributed by atoms with Crippen LogP contribution in [-0.4, -0.2) is 35.7 Å². The minimum atomic E-state index is -0.680. The molecular formula is C14H25N3O3. The van der Waals surface area contributed by atoms with Crippen molar-refractivity contribution in [2.75, 3.05) is 13.2 Å². The molecule has 1 unspecified atom stereocenters. The highest BCUT2D eigenvalue weighted by Crippen LogP contribution is 2.34. The van der Waals surface area contributed by atoms with E-state index in [4.69, 9.17) is 15.7 Å². The van der Waals surface area contributed by atoms with E-state index in [1.165, 1.54) is 0 Å². The fourth-order valence-electron chi connectivity index (χ4n) is 3.20. The van der Waals surface area contributed by atoms with Gasteiger partial charge in [0.25, 0.3) is 0 Å². The molecule has 1 saturated heterocycles. The Labute approximate surface area is 119 Å². The van der Waals surface area contributed by atoms with Crippen molar-refractivity contribution in [3.8, 4) is 0 Å². The lowest BCUT2D eigenvalue weighted by Gasteiger charge is -2.40. The van der Waals surface area contributed by atoms with E-state index < -0.39 is 5.54 Å². The van der Waals surface area contributed by atoms with Crippen LogP contribution in [0.3, 0.4) is 0 Å². The fraction of sp³-hybridized carbons (Fsp3) is 0.857. The molecule has 1 aliphatic carbocycles. The molecule has 4 N–H and O–H groups in total. The Kier molecular flexibility index (Phi) is 4.86. The summed E-state index contributed by atoms with van der Waals surface area (Å²) in [7, 11) is 0. The molecule has 20 heavy (non-hydrogen) atoms. The highest BCUT2D eigenvalue weighted by atomic mass is 16.5. The van der Waals surface area contributed by atoms with Crippen LogP contribution in [0.25, 0.3) is 0 Å². The summed E-state index contributed by atoms with van der Waals surface area (Å²) in [5.74, 6) is 0.645. The van der Waals surface area contributed by atoms with Gasteiger partial charge in [-0.15, -0.1) is 0 Å². The maximum Gasteiger partial charge on any atom is 0.226 e. The van der Waals surface area contributed by atoms with Crippen LogP contribution in [0.2, 0.25) is 0 Å². The van der Waals surface area contributed by atoms with E-state index in [2.05, 4.69) is 17.4 Å². The Balaban J connectivity index is 2.06. The smallest absolute Gasteiger partial charge is 0.226 e. The minimum Gasteiger partial charge on any atom is -0.409 e. The number of ether oxygens (including phenoxy) is 1. The van der Waals surface area contributed by atoms with Crippen molar-refractivity contribution in [1.29, 1.82) is 0 Å². The normalized spacial score (nSPS) is 35.0.